The van der Waals surface area contributed by atoms with Crippen LogP contribution in [-0.4, -0.2) is 17.2 Å². The summed E-state index contributed by atoms with van der Waals surface area (Å²) in [6, 6.07) is 0.394. The number of carbonyl (C=O) groups is 1. The van der Waals surface area contributed by atoms with Crippen LogP contribution in [0, 0.1) is 0 Å². The van der Waals surface area contributed by atoms with Crippen molar-refractivity contribution in [1.82, 2.24) is 10.4 Å². The number of aromatic amines is 1. The Morgan fingerprint density at radius 1 is 1.67 bits per heavy atom. The Labute approximate surface area is 92.7 Å². The molecule has 6 N–H and O–H groups in total. The van der Waals surface area contributed by atoms with Crippen molar-refractivity contribution in [3.8, 4) is 0 Å². The molecule has 1 aromatic rings. The monoisotopic (exact) mass is 273 g/mol. The van der Waals surface area contributed by atoms with Crippen LogP contribution in [0.15, 0.2) is 20.6 Å². The summed E-state index contributed by atoms with van der Waals surface area (Å²) in [5, 5.41) is 3.45. The summed E-state index contributed by atoms with van der Waals surface area (Å²) in [5.74, 6) is 0.229. The second kappa shape index (κ2) is 4.60. The fraction of sp³-hybridized carbons (Fsp3) is 0. The van der Waals surface area contributed by atoms with E-state index in [4.69, 9.17) is 11.5 Å². The zero-order valence-electron chi connectivity index (χ0n) is 7.45. The van der Waals surface area contributed by atoms with E-state index in [1.807, 2.05) is 5.43 Å². The first-order valence-corrected chi connectivity index (χ1v) is 4.57. The van der Waals surface area contributed by atoms with Crippen LogP contribution >= 0.6 is 15.9 Å². The number of urea groups is 1. The third kappa shape index (κ3) is 3.09. The third-order valence-electron chi connectivity index (χ3n) is 1.41. The molecule has 8 heteroatoms. The Morgan fingerprint density at radius 3 is 2.87 bits per heavy atom. The van der Waals surface area contributed by atoms with Crippen molar-refractivity contribution >= 4 is 34.0 Å². The van der Waals surface area contributed by atoms with Crippen LogP contribution in [0.3, 0.4) is 0 Å². The summed E-state index contributed by atoms with van der Waals surface area (Å²) in [6.45, 7) is 0. The lowest BCUT2D eigenvalue weighted by molar-refractivity contribution is 0.249. The lowest BCUT2D eigenvalue weighted by Gasteiger charge is -1.99. The van der Waals surface area contributed by atoms with E-state index in [-0.39, 0.29) is 16.8 Å². The average Bonchev–Trinajstić information content (AvgIpc) is 2.08. The van der Waals surface area contributed by atoms with Crippen LogP contribution in [0.4, 0.5) is 10.6 Å². The molecule has 0 saturated heterocycles. The highest BCUT2D eigenvalue weighted by atomic mass is 79.9. The number of amides is 2. The number of carbonyl (C=O) groups excluding carboxylic acids is 1. The van der Waals surface area contributed by atoms with Crippen LogP contribution in [0.5, 0.6) is 0 Å². The molecule has 0 aliphatic rings. The first kappa shape index (κ1) is 11.2. The van der Waals surface area contributed by atoms with Crippen molar-refractivity contribution < 1.29 is 4.79 Å². The zero-order chi connectivity index (χ0) is 11.4. The highest BCUT2D eigenvalue weighted by molar-refractivity contribution is 9.10. The van der Waals surface area contributed by atoms with Crippen LogP contribution in [0.1, 0.15) is 5.56 Å². The molecule has 0 spiro atoms. The van der Waals surface area contributed by atoms with Crippen molar-refractivity contribution in [2.75, 3.05) is 5.73 Å². The summed E-state index contributed by atoms with van der Waals surface area (Å²) in [7, 11) is 0. The first-order valence-electron chi connectivity index (χ1n) is 3.77. The number of nitrogens with two attached hydrogens (primary N) is 2. The Kier molecular flexibility index (Phi) is 3.45. The van der Waals surface area contributed by atoms with Crippen LogP contribution in [-0.2, 0) is 0 Å². The minimum absolute atomic E-state index is 0.229. The van der Waals surface area contributed by atoms with Gasteiger partial charge in [-0.15, -0.1) is 0 Å². The molecule has 15 heavy (non-hydrogen) atoms. The second-order valence-corrected chi connectivity index (χ2v) is 3.34. The number of nitrogens with one attached hydrogen (secondary N) is 2. The van der Waals surface area contributed by atoms with E-state index >= 15 is 0 Å². The Balaban J connectivity index is 3.00. The minimum Gasteiger partial charge on any atom is -0.385 e. The van der Waals surface area contributed by atoms with E-state index in [2.05, 4.69) is 26.0 Å². The maximum Gasteiger partial charge on any atom is 0.332 e. The van der Waals surface area contributed by atoms with Gasteiger partial charge in [0.25, 0.3) is 0 Å². The molecule has 7 nitrogen and oxygen atoms in total. The highest BCUT2D eigenvalue weighted by Crippen LogP contribution is 2.09. The molecule has 0 bridgehead atoms. The predicted molar refractivity (Wildman–Crippen MR) is 59.5 cm³/mol. The van der Waals surface area contributed by atoms with Gasteiger partial charge in [0.15, 0.2) is 5.43 Å². The average molecular weight is 274 g/mol. The Hall–Kier alpha value is -1.83. The van der Waals surface area contributed by atoms with Crippen molar-refractivity contribution in [3.05, 3.63) is 26.5 Å². The number of nitrogen functional groups attached to an aromatic ring is 1. The van der Waals surface area contributed by atoms with Crippen molar-refractivity contribution in [3.63, 3.8) is 0 Å². The van der Waals surface area contributed by atoms with Crippen LogP contribution in [0.2, 0.25) is 0 Å². The number of primary amides is 1. The molecule has 0 fully saturated rings. The molecule has 2 amide bonds. The van der Waals surface area contributed by atoms with Gasteiger partial charge in [-0.05, 0) is 15.9 Å². The van der Waals surface area contributed by atoms with Gasteiger partial charge in [-0.3, -0.25) is 4.79 Å². The molecule has 0 radical (unpaired) electrons. The lowest BCUT2D eigenvalue weighted by Crippen LogP contribution is -2.25. The maximum absolute atomic E-state index is 11.4. The zero-order valence-corrected chi connectivity index (χ0v) is 9.04. The fourth-order valence-corrected chi connectivity index (χ4v) is 1.36. The number of anilines is 1. The third-order valence-corrected chi connectivity index (χ3v) is 2.04. The number of pyridine rings is 1. The fourth-order valence-electron chi connectivity index (χ4n) is 0.838. The molecule has 0 atom stereocenters. The van der Waals surface area contributed by atoms with Crippen LogP contribution in [0.25, 0.3) is 0 Å². The van der Waals surface area contributed by atoms with E-state index in [0.717, 1.165) is 6.21 Å². The molecule has 0 aliphatic carbocycles. The number of H-pyrrole nitrogens is 1. The number of hydrazone groups is 1. The second-order valence-electron chi connectivity index (χ2n) is 2.55. The van der Waals surface area contributed by atoms with Gasteiger partial charge < -0.3 is 16.5 Å². The Bertz CT molecular complexity index is 467. The smallest absolute Gasteiger partial charge is 0.332 e. The molecule has 0 unspecified atom stereocenters. The van der Waals surface area contributed by atoms with Crippen molar-refractivity contribution in [2.24, 2.45) is 10.8 Å². The van der Waals surface area contributed by atoms with Gasteiger partial charge in [-0.2, -0.15) is 5.10 Å². The van der Waals surface area contributed by atoms with E-state index in [9.17, 15) is 9.59 Å². The quantitative estimate of drug-likeness (QED) is 0.336. The summed E-state index contributed by atoms with van der Waals surface area (Å²) in [6.07, 6.45) is 1.16. The summed E-state index contributed by atoms with van der Waals surface area (Å²) in [5.41, 5.74) is 12.0. The van der Waals surface area contributed by atoms with Gasteiger partial charge >= 0.3 is 6.03 Å². The molecule has 0 saturated carbocycles. The van der Waals surface area contributed by atoms with Gasteiger partial charge in [0.05, 0.1) is 16.4 Å². The molecule has 80 valence electrons. The molecule has 0 aliphatic heterocycles. The number of rotatable bonds is 2. The minimum atomic E-state index is -0.811. The van der Waals surface area contributed by atoms with Crippen molar-refractivity contribution in [1.29, 1.82) is 0 Å². The number of nitrogens with zero attached hydrogens (tertiary/aromatic N) is 1. The number of aromatic nitrogens is 1. The predicted octanol–water partition coefficient (Wildman–Crippen LogP) is -0.278. The van der Waals surface area contributed by atoms with Gasteiger partial charge in [-0.1, -0.05) is 0 Å². The molecule has 1 heterocycles. The van der Waals surface area contributed by atoms with E-state index < -0.39 is 6.03 Å². The van der Waals surface area contributed by atoms with E-state index in [1.54, 1.807) is 0 Å². The standard InChI is InChI=1S/C7H8BrN5O2/c8-6-3(2-11-13-7(10)15)4(14)1-5(9)12-6/h1-2H,(H3,9,12,14)(H3,10,13,15)/b11-2+. The topological polar surface area (TPSA) is 126 Å². The Morgan fingerprint density at radius 2 is 2.33 bits per heavy atom. The normalized spacial score (nSPS) is 10.5. The summed E-state index contributed by atoms with van der Waals surface area (Å²) in [4.78, 5) is 24.3. The SMILES string of the molecule is NC(=O)N/N=C/c1c(Br)[nH]c(N)cc1=O. The largest absolute Gasteiger partial charge is 0.385 e. The molecular formula is C7H8BrN5O2. The molecule has 1 rings (SSSR count). The first-order chi connectivity index (χ1) is 7.00. The van der Waals surface area contributed by atoms with Crippen LogP contribution < -0.4 is 22.3 Å². The van der Waals surface area contributed by atoms with Gasteiger partial charge in [0, 0.05) is 6.07 Å². The van der Waals surface area contributed by atoms with E-state index in [1.165, 1.54) is 6.07 Å². The maximum atomic E-state index is 11.4. The number of halogens is 1. The number of hydrogen-bond donors (Lipinski definition) is 4. The van der Waals surface area contributed by atoms with Gasteiger partial charge in [-0.25, -0.2) is 10.2 Å². The van der Waals surface area contributed by atoms with E-state index in [0.29, 0.717) is 4.60 Å². The lowest BCUT2D eigenvalue weighted by atomic mass is 10.3. The van der Waals surface area contributed by atoms with Gasteiger partial charge in [0.2, 0.25) is 0 Å². The molecule has 0 aromatic carbocycles. The van der Waals surface area contributed by atoms with Crippen molar-refractivity contribution in [2.45, 2.75) is 0 Å². The summed E-state index contributed by atoms with van der Waals surface area (Å²) >= 11 is 3.09. The molecule has 1 aromatic heterocycles. The molecular weight excluding hydrogens is 266 g/mol. The van der Waals surface area contributed by atoms with Gasteiger partial charge in [0.1, 0.15) is 5.82 Å². The summed E-state index contributed by atoms with van der Waals surface area (Å²) < 4.78 is 0.377. The number of hydrogen-bond acceptors (Lipinski definition) is 4. The highest BCUT2D eigenvalue weighted by Gasteiger charge is 2.03.